The van der Waals surface area contributed by atoms with Gasteiger partial charge in [-0.3, -0.25) is 9.69 Å². The Labute approximate surface area is 151 Å². The second kappa shape index (κ2) is 9.35. The molecule has 4 heteroatoms. The monoisotopic (exact) mass is 344 g/mol. The quantitative estimate of drug-likeness (QED) is 0.859. The zero-order chi connectivity index (χ0) is 17.5. The van der Waals surface area contributed by atoms with Crippen molar-refractivity contribution in [2.75, 3.05) is 13.1 Å². The Morgan fingerprint density at radius 3 is 2.48 bits per heavy atom. The van der Waals surface area contributed by atoms with Crippen LogP contribution in [0.5, 0.6) is 0 Å². The van der Waals surface area contributed by atoms with Crippen molar-refractivity contribution < 1.29 is 9.53 Å². The van der Waals surface area contributed by atoms with Gasteiger partial charge < -0.3 is 10.1 Å². The van der Waals surface area contributed by atoms with Crippen LogP contribution in [-0.2, 0) is 16.1 Å². The van der Waals surface area contributed by atoms with Gasteiger partial charge in [-0.05, 0) is 38.2 Å². The highest BCUT2D eigenvalue weighted by Gasteiger charge is 2.28. The number of benzene rings is 1. The number of nitrogens with zero attached hydrogens (tertiary/aromatic N) is 1. The molecule has 0 unspecified atom stereocenters. The summed E-state index contributed by atoms with van der Waals surface area (Å²) in [6, 6.07) is 10.7. The lowest BCUT2D eigenvalue weighted by Gasteiger charge is -2.36. The molecule has 1 atom stereocenters. The van der Waals surface area contributed by atoms with E-state index in [2.05, 4.69) is 22.3 Å². The summed E-state index contributed by atoms with van der Waals surface area (Å²) >= 11 is 0. The zero-order valence-corrected chi connectivity index (χ0v) is 15.5. The minimum absolute atomic E-state index is 0.0306. The highest BCUT2D eigenvalue weighted by atomic mass is 16.5. The molecule has 1 saturated heterocycles. The average molecular weight is 344 g/mol. The molecule has 4 nitrogen and oxygen atoms in total. The number of carbonyl (C=O) groups excluding carboxylic acids is 1. The molecule has 0 spiro atoms. The van der Waals surface area contributed by atoms with Gasteiger partial charge in [0.25, 0.3) is 0 Å². The molecule has 0 bridgehead atoms. The third kappa shape index (κ3) is 5.55. The van der Waals surface area contributed by atoms with Crippen LogP contribution in [0.1, 0.15) is 57.4 Å². The largest absolute Gasteiger partial charge is 0.373 e. The van der Waals surface area contributed by atoms with Gasteiger partial charge in [0.15, 0.2) is 0 Å². The van der Waals surface area contributed by atoms with Crippen molar-refractivity contribution in [3.05, 3.63) is 35.9 Å². The van der Waals surface area contributed by atoms with Gasteiger partial charge in [-0.25, -0.2) is 0 Å². The van der Waals surface area contributed by atoms with Crippen LogP contribution in [-0.4, -0.2) is 42.1 Å². The van der Waals surface area contributed by atoms with Gasteiger partial charge in [0.2, 0.25) is 5.91 Å². The zero-order valence-electron chi connectivity index (χ0n) is 15.5. The van der Waals surface area contributed by atoms with Crippen LogP contribution >= 0.6 is 0 Å². The molecular weight excluding hydrogens is 312 g/mol. The van der Waals surface area contributed by atoms with Crippen LogP contribution in [0.4, 0.5) is 0 Å². The smallest absolute Gasteiger partial charge is 0.237 e. The molecule has 1 aliphatic carbocycles. The summed E-state index contributed by atoms with van der Waals surface area (Å²) in [5.74, 6) is 0.204. The first-order valence-corrected chi connectivity index (χ1v) is 9.92. The maximum absolute atomic E-state index is 12.5. The van der Waals surface area contributed by atoms with E-state index in [1.165, 1.54) is 24.8 Å². The molecular formula is C21H32N2O2. The number of hydrogen-bond donors (Lipinski definition) is 1. The van der Waals surface area contributed by atoms with Crippen molar-refractivity contribution in [3.8, 4) is 0 Å². The lowest BCUT2D eigenvalue weighted by molar-refractivity contribution is -0.128. The fraction of sp³-hybridized carbons (Fsp3) is 0.667. The number of amides is 1. The molecule has 1 aliphatic heterocycles. The first kappa shape index (κ1) is 18.4. The van der Waals surface area contributed by atoms with Crippen LogP contribution in [0, 0.1) is 0 Å². The average Bonchev–Trinajstić information content (AvgIpc) is 2.68. The van der Waals surface area contributed by atoms with E-state index in [0.717, 1.165) is 38.8 Å². The molecule has 3 rings (SSSR count). The first-order chi connectivity index (χ1) is 12.2. The van der Waals surface area contributed by atoms with Gasteiger partial charge in [-0.1, -0.05) is 49.6 Å². The second-order valence-electron chi connectivity index (χ2n) is 7.55. The van der Waals surface area contributed by atoms with E-state index in [0.29, 0.717) is 18.8 Å². The van der Waals surface area contributed by atoms with E-state index >= 15 is 0 Å². The van der Waals surface area contributed by atoms with Gasteiger partial charge in [-0.15, -0.1) is 0 Å². The summed E-state index contributed by atoms with van der Waals surface area (Å²) in [6.07, 6.45) is 8.44. The van der Waals surface area contributed by atoms with Crippen molar-refractivity contribution in [1.29, 1.82) is 0 Å². The van der Waals surface area contributed by atoms with Crippen LogP contribution in [0.3, 0.4) is 0 Å². The molecule has 138 valence electrons. The number of nitrogens with one attached hydrogen (secondary N) is 1. The highest BCUT2D eigenvalue weighted by molar-refractivity contribution is 5.81. The molecule has 1 aromatic rings. The van der Waals surface area contributed by atoms with Gasteiger partial charge in [0.1, 0.15) is 0 Å². The minimum Gasteiger partial charge on any atom is -0.373 e. The van der Waals surface area contributed by atoms with Crippen LogP contribution in [0.25, 0.3) is 0 Å². The fourth-order valence-electron chi connectivity index (χ4n) is 3.95. The first-order valence-electron chi connectivity index (χ1n) is 9.92. The van der Waals surface area contributed by atoms with Crippen LogP contribution in [0.15, 0.2) is 30.3 Å². The minimum atomic E-state index is -0.0306. The Morgan fingerprint density at radius 2 is 1.80 bits per heavy atom. The number of rotatable bonds is 6. The summed E-state index contributed by atoms with van der Waals surface area (Å²) in [6.45, 7) is 4.62. The third-order valence-electron chi connectivity index (χ3n) is 5.68. The van der Waals surface area contributed by atoms with E-state index in [1.54, 1.807) is 0 Å². The Bertz CT molecular complexity index is 520. The molecule has 2 aliphatic rings. The van der Waals surface area contributed by atoms with Gasteiger partial charge in [-0.2, -0.15) is 0 Å². The molecule has 1 saturated carbocycles. The van der Waals surface area contributed by atoms with E-state index < -0.39 is 0 Å². The summed E-state index contributed by atoms with van der Waals surface area (Å²) in [5.41, 5.74) is 1.23. The Balaban J connectivity index is 1.38. The van der Waals surface area contributed by atoms with Gasteiger partial charge in [0.05, 0.1) is 18.8 Å². The number of carbonyl (C=O) groups is 1. The van der Waals surface area contributed by atoms with Crippen molar-refractivity contribution >= 4 is 5.91 Å². The van der Waals surface area contributed by atoms with Crippen LogP contribution < -0.4 is 5.32 Å². The number of ether oxygens (including phenoxy) is 1. The Hall–Kier alpha value is -1.39. The second-order valence-corrected chi connectivity index (χ2v) is 7.55. The van der Waals surface area contributed by atoms with Crippen molar-refractivity contribution in [2.45, 2.75) is 76.7 Å². The SMILES string of the molecule is C[C@H](C(=O)NC1CCCCC1)N1CCC(OCc2ccccc2)CC1. The molecule has 1 aromatic carbocycles. The molecule has 1 amide bonds. The van der Waals surface area contributed by atoms with E-state index in [1.807, 2.05) is 25.1 Å². The molecule has 0 radical (unpaired) electrons. The summed E-state index contributed by atoms with van der Waals surface area (Å²) in [5, 5.41) is 3.26. The lowest BCUT2D eigenvalue weighted by atomic mass is 9.95. The Kier molecular flexibility index (Phi) is 6.88. The predicted molar refractivity (Wildman–Crippen MR) is 100 cm³/mol. The summed E-state index contributed by atoms with van der Waals surface area (Å²) < 4.78 is 6.05. The van der Waals surface area contributed by atoms with E-state index in [-0.39, 0.29) is 11.9 Å². The van der Waals surface area contributed by atoms with E-state index in [4.69, 9.17) is 4.74 Å². The molecule has 1 heterocycles. The predicted octanol–water partition coefficient (Wildman–Crippen LogP) is 3.51. The van der Waals surface area contributed by atoms with Crippen molar-refractivity contribution in [1.82, 2.24) is 10.2 Å². The summed E-state index contributed by atoms with van der Waals surface area (Å²) in [7, 11) is 0. The van der Waals surface area contributed by atoms with E-state index in [9.17, 15) is 4.79 Å². The van der Waals surface area contributed by atoms with Crippen molar-refractivity contribution in [2.24, 2.45) is 0 Å². The molecule has 1 N–H and O–H groups in total. The molecule has 2 fully saturated rings. The van der Waals surface area contributed by atoms with Crippen LogP contribution in [0.2, 0.25) is 0 Å². The number of hydrogen-bond acceptors (Lipinski definition) is 3. The summed E-state index contributed by atoms with van der Waals surface area (Å²) in [4.78, 5) is 14.8. The lowest BCUT2D eigenvalue weighted by Crippen LogP contribution is -2.51. The Morgan fingerprint density at radius 1 is 1.12 bits per heavy atom. The molecule has 0 aromatic heterocycles. The standard InChI is InChI=1S/C21H32N2O2/c1-17(21(24)22-19-10-6-3-7-11-19)23-14-12-20(13-15-23)25-16-18-8-4-2-5-9-18/h2,4-5,8-9,17,19-20H,3,6-7,10-16H2,1H3,(H,22,24)/t17-/m1/s1. The topological polar surface area (TPSA) is 41.6 Å². The number of piperidine rings is 1. The maximum atomic E-state index is 12.5. The maximum Gasteiger partial charge on any atom is 0.237 e. The third-order valence-corrected chi connectivity index (χ3v) is 5.68. The van der Waals surface area contributed by atoms with Crippen molar-refractivity contribution in [3.63, 3.8) is 0 Å². The highest BCUT2D eigenvalue weighted by Crippen LogP contribution is 2.20. The fourth-order valence-corrected chi connectivity index (χ4v) is 3.95. The molecule has 25 heavy (non-hydrogen) atoms. The number of likely N-dealkylation sites (tertiary alicyclic amines) is 1. The van der Waals surface area contributed by atoms with Gasteiger partial charge in [0, 0.05) is 19.1 Å². The van der Waals surface area contributed by atoms with Gasteiger partial charge >= 0.3 is 0 Å². The normalized spacial score (nSPS) is 21.8.